The largest absolute Gasteiger partial charge is 0.409 e. The van der Waals surface area contributed by atoms with Crippen molar-refractivity contribution in [3.63, 3.8) is 0 Å². The fraction of sp³-hybridized carbons (Fsp3) is 0.333. The number of nitrogens with one attached hydrogen (secondary N) is 1. The summed E-state index contributed by atoms with van der Waals surface area (Å²) in [5.41, 5.74) is 5.24. The van der Waals surface area contributed by atoms with Gasteiger partial charge in [0.2, 0.25) is 5.91 Å². The Morgan fingerprint density at radius 3 is 2.70 bits per heavy atom. The number of oxime groups is 1. The van der Waals surface area contributed by atoms with E-state index in [1.807, 2.05) is 6.92 Å². The van der Waals surface area contributed by atoms with Crippen LogP contribution in [0.5, 0.6) is 0 Å². The molecule has 20 heavy (non-hydrogen) atoms. The number of amidine groups is 1. The highest BCUT2D eigenvalue weighted by molar-refractivity contribution is 9.10. The third-order valence-electron chi connectivity index (χ3n) is 2.62. The third kappa shape index (κ3) is 3.89. The molecule has 0 heterocycles. The van der Waals surface area contributed by atoms with Gasteiger partial charge in [-0.1, -0.05) is 18.5 Å². The number of benzene rings is 1. The number of nitrogens with zero attached hydrogens (tertiary/aromatic N) is 1. The first kappa shape index (κ1) is 16.4. The van der Waals surface area contributed by atoms with Crippen molar-refractivity contribution in [1.29, 1.82) is 0 Å². The van der Waals surface area contributed by atoms with Gasteiger partial charge in [0, 0.05) is 10.5 Å². The van der Waals surface area contributed by atoms with Gasteiger partial charge in [-0.25, -0.2) is 8.78 Å². The van der Waals surface area contributed by atoms with Gasteiger partial charge in [-0.3, -0.25) is 4.79 Å². The third-order valence-corrected chi connectivity index (χ3v) is 3.25. The molecule has 5 nitrogen and oxygen atoms in total. The van der Waals surface area contributed by atoms with E-state index in [0.29, 0.717) is 18.9 Å². The fourth-order valence-electron chi connectivity index (χ4n) is 1.64. The monoisotopic (exact) mass is 349 g/mol. The van der Waals surface area contributed by atoms with E-state index in [2.05, 4.69) is 26.4 Å². The van der Waals surface area contributed by atoms with E-state index < -0.39 is 23.5 Å². The van der Waals surface area contributed by atoms with Crippen molar-refractivity contribution in [3.05, 3.63) is 28.2 Å². The zero-order chi connectivity index (χ0) is 15.3. The topological polar surface area (TPSA) is 87.7 Å². The van der Waals surface area contributed by atoms with E-state index in [1.165, 1.54) is 0 Å². The first-order valence-electron chi connectivity index (χ1n) is 5.83. The number of hydrogen-bond donors (Lipinski definition) is 3. The van der Waals surface area contributed by atoms with E-state index in [-0.39, 0.29) is 16.0 Å². The summed E-state index contributed by atoms with van der Waals surface area (Å²) in [7, 11) is 0. The van der Waals surface area contributed by atoms with Crippen LogP contribution >= 0.6 is 15.9 Å². The maximum atomic E-state index is 13.6. The van der Waals surface area contributed by atoms with Gasteiger partial charge in [0.1, 0.15) is 5.82 Å². The molecule has 8 heteroatoms. The standard InChI is InChI=1S/C12H14BrF2N3O2/c1-2-3-7(11(16)18-20)12(19)17-10-8(13)4-6(14)5-9(10)15/h4-5,7,20H,2-3H2,1H3,(H2,16,18)(H,17,19). The Labute approximate surface area is 123 Å². The SMILES string of the molecule is CCCC(C(=O)Nc1c(F)cc(F)cc1Br)C(N)=NO. The molecule has 0 aliphatic heterocycles. The van der Waals surface area contributed by atoms with Crippen LogP contribution < -0.4 is 11.1 Å². The minimum atomic E-state index is -0.917. The second-order valence-corrected chi connectivity index (χ2v) is 4.95. The second kappa shape index (κ2) is 7.18. The van der Waals surface area contributed by atoms with Crippen molar-refractivity contribution in [2.24, 2.45) is 16.8 Å². The molecule has 1 unspecified atom stereocenters. The smallest absolute Gasteiger partial charge is 0.235 e. The first-order chi connectivity index (χ1) is 9.40. The molecule has 0 radical (unpaired) electrons. The van der Waals surface area contributed by atoms with Crippen LogP contribution in [0.2, 0.25) is 0 Å². The van der Waals surface area contributed by atoms with Gasteiger partial charge in [-0.15, -0.1) is 0 Å². The summed E-state index contributed by atoms with van der Waals surface area (Å²) in [6.45, 7) is 1.82. The minimum absolute atomic E-state index is 0.0677. The van der Waals surface area contributed by atoms with Crippen LogP contribution in [0.25, 0.3) is 0 Å². The molecule has 0 aromatic heterocycles. The van der Waals surface area contributed by atoms with Crippen molar-refractivity contribution < 1.29 is 18.8 Å². The molecular formula is C12H14BrF2N3O2. The number of carbonyl (C=O) groups is 1. The van der Waals surface area contributed by atoms with Crippen molar-refractivity contribution >= 4 is 33.4 Å². The summed E-state index contributed by atoms with van der Waals surface area (Å²) in [4.78, 5) is 12.0. The van der Waals surface area contributed by atoms with Gasteiger partial charge >= 0.3 is 0 Å². The Morgan fingerprint density at radius 2 is 2.20 bits per heavy atom. The Bertz CT molecular complexity index is 514. The summed E-state index contributed by atoms with van der Waals surface area (Å²) in [5.74, 6) is -3.47. The number of nitrogens with two attached hydrogens (primary N) is 1. The lowest BCUT2D eigenvalue weighted by atomic mass is 10.0. The zero-order valence-electron chi connectivity index (χ0n) is 10.7. The summed E-state index contributed by atoms with van der Waals surface area (Å²) in [6, 6.07) is 1.68. The molecule has 1 atom stereocenters. The van der Waals surface area contributed by atoms with Crippen LogP contribution in [0.3, 0.4) is 0 Å². The van der Waals surface area contributed by atoms with E-state index in [4.69, 9.17) is 10.9 Å². The number of anilines is 1. The normalized spacial score (nSPS) is 13.1. The van der Waals surface area contributed by atoms with Crippen LogP contribution in [0.4, 0.5) is 14.5 Å². The molecule has 0 saturated heterocycles. The molecule has 0 spiro atoms. The summed E-state index contributed by atoms with van der Waals surface area (Å²) < 4.78 is 26.6. The Balaban J connectivity index is 3.00. The van der Waals surface area contributed by atoms with Gasteiger partial charge in [0.25, 0.3) is 0 Å². The van der Waals surface area contributed by atoms with Crippen molar-refractivity contribution in [1.82, 2.24) is 0 Å². The second-order valence-electron chi connectivity index (χ2n) is 4.10. The predicted molar refractivity (Wildman–Crippen MR) is 74.5 cm³/mol. The van der Waals surface area contributed by atoms with E-state index >= 15 is 0 Å². The van der Waals surface area contributed by atoms with Crippen molar-refractivity contribution in [3.8, 4) is 0 Å². The number of amides is 1. The Hall–Kier alpha value is -1.70. The average molecular weight is 350 g/mol. The molecule has 4 N–H and O–H groups in total. The van der Waals surface area contributed by atoms with Gasteiger partial charge in [-0.2, -0.15) is 0 Å². The van der Waals surface area contributed by atoms with E-state index in [1.54, 1.807) is 0 Å². The van der Waals surface area contributed by atoms with Gasteiger partial charge in [-0.05, 0) is 28.4 Å². The lowest BCUT2D eigenvalue weighted by molar-refractivity contribution is -0.118. The molecule has 1 amide bonds. The van der Waals surface area contributed by atoms with Gasteiger partial charge in [0.05, 0.1) is 11.6 Å². The van der Waals surface area contributed by atoms with Crippen molar-refractivity contribution in [2.75, 3.05) is 5.32 Å². The number of hydrogen-bond acceptors (Lipinski definition) is 3. The minimum Gasteiger partial charge on any atom is -0.409 e. The lowest BCUT2D eigenvalue weighted by Crippen LogP contribution is -2.35. The summed E-state index contributed by atoms with van der Waals surface area (Å²) in [6.07, 6.45) is 0.948. The molecule has 110 valence electrons. The van der Waals surface area contributed by atoms with E-state index in [9.17, 15) is 13.6 Å². The molecule has 0 saturated carbocycles. The molecule has 1 aromatic carbocycles. The highest BCUT2D eigenvalue weighted by Gasteiger charge is 2.24. The van der Waals surface area contributed by atoms with Crippen LogP contribution in [0.1, 0.15) is 19.8 Å². The molecule has 0 bridgehead atoms. The highest BCUT2D eigenvalue weighted by atomic mass is 79.9. The summed E-state index contributed by atoms with van der Waals surface area (Å²) >= 11 is 2.96. The number of rotatable bonds is 5. The van der Waals surface area contributed by atoms with E-state index in [0.717, 1.165) is 6.07 Å². The average Bonchev–Trinajstić information content (AvgIpc) is 2.39. The van der Waals surface area contributed by atoms with Crippen molar-refractivity contribution in [2.45, 2.75) is 19.8 Å². The molecule has 0 aliphatic rings. The van der Waals surface area contributed by atoms with Gasteiger partial charge < -0.3 is 16.3 Å². The Morgan fingerprint density at radius 1 is 1.55 bits per heavy atom. The van der Waals surface area contributed by atoms with Crippen LogP contribution in [0.15, 0.2) is 21.8 Å². The molecule has 0 aliphatic carbocycles. The van der Waals surface area contributed by atoms with Gasteiger partial charge in [0.15, 0.2) is 11.7 Å². The molecular weight excluding hydrogens is 336 g/mol. The maximum absolute atomic E-state index is 13.6. The number of halogens is 3. The summed E-state index contributed by atoms with van der Waals surface area (Å²) in [5, 5.41) is 13.7. The molecule has 1 rings (SSSR count). The fourth-order valence-corrected chi connectivity index (χ4v) is 2.15. The predicted octanol–water partition coefficient (Wildman–Crippen LogP) is 2.83. The van der Waals surface area contributed by atoms with Crippen LogP contribution in [-0.2, 0) is 4.79 Å². The molecule has 1 aromatic rings. The first-order valence-corrected chi connectivity index (χ1v) is 6.62. The molecule has 0 fully saturated rings. The van der Waals surface area contributed by atoms with Crippen LogP contribution in [-0.4, -0.2) is 17.0 Å². The zero-order valence-corrected chi connectivity index (χ0v) is 12.2. The quantitative estimate of drug-likeness (QED) is 0.330. The maximum Gasteiger partial charge on any atom is 0.235 e. The number of carbonyl (C=O) groups excluding carboxylic acids is 1. The van der Waals surface area contributed by atoms with Crippen LogP contribution in [0, 0.1) is 17.6 Å². The lowest BCUT2D eigenvalue weighted by Gasteiger charge is -2.15. The highest BCUT2D eigenvalue weighted by Crippen LogP contribution is 2.27. The Kier molecular flexibility index (Phi) is 5.87.